The first kappa shape index (κ1) is 57.6. The quantitative estimate of drug-likeness (QED) is 0.152. The molecule has 0 saturated carbocycles. The molecule has 8 heteroatoms. The van der Waals surface area contributed by atoms with Crippen LogP contribution in [-0.2, 0) is 0 Å². The van der Waals surface area contributed by atoms with E-state index in [0.717, 1.165) is 117 Å². The fourth-order valence-electron chi connectivity index (χ4n) is 16.3. The van der Waals surface area contributed by atoms with Gasteiger partial charge in [0.1, 0.15) is 17.2 Å². The summed E-state index contributed by atoms with van der Waals surface area (Å²) < 4.78 is 18.8. The van der Waals surface area contributed by atoms with Gasteiger partial charge in [0.2, 0.25) is 0 Å². The lowest BCUT2D eigenvalue weighted by Crippen LogP contribution is -2.02. The van der Waals surface area contributed by atoms with Gasteiger partial charge in [-0.05, 0) is 108 Å². The lowest BCUT2D eigenvalue weighted by molar-refractivity contribution is 0.666. The van der Waals surface area contributed by atoms with E-state index in [0.29, 0.717) is 0 Å². The molecule has 8 aromatic heterocycles. The summed E-state index contributed by atoms with van der Waals surface area (Å²) in [4.78, 5) is 10.9. The predicted molar refractivity (Wildman–Crippen MR) is 428 cm³/mol. The number of hydrogen-bond acceptors (Lipinski definition) is 4. The Balaban J connectivity index is 0.000000133. The van der Waals surface area contributed by atoms with Crippen molar-refractivity contribution >= 4 is 141 Å². The first-order valence-electron chi connectivity index (χ1n) is 34.6. The Morgan fingerprint density at radius 3 is 1.07 bits per heavy atom. The highest BCUT2D eigenvalue weighted by Crippen LogP contribution is 2.48. The molecule has 0 unspecified atom stereocenters. The smallest absolute Gasteiger partial charge is 0.159 e. The Kier molecular flexibility index (Phi) is 13.1. The molecule has 22 aromatic rings. The van der Waals surface area contributed by atoms with E-state index in [-0.39, 0.29) is 0 Å². The Morgan fingerprint density at radius 1 is 0.235 bits per heavy atom. The second-order valence-electron chi connectivity index (χ2n) is 26.2. The number of hydrogen-bond donors (Lipinski definition) is 0. The van der Waals surface area contributed by atoms with Crippen LogP contribution in [0.3, 0.4) is 0 Å². The lowest BCUT2D eigenvalue weighted by atomic mass is 10.0. The average molecular weight is 1320 g/mol. The van der Waals surface area contributed by atoms with Crippen LogP contribution in [-0.4, -0.2) is 28.2 Å². The highest BCUT2D eigenvalue weighted by molar-refractivity contribution is 7.26. The summed E-state index contributed by atoms with van der Waals surface area (Å²) in [6.07, 6.45) is 0. The zero-order valence-electron chi connectivity index (χ0n) is 55.0. The third kappa shape index (κ3) is 8.80. The van der Waals surface area contributed by atoms with Crippen molar-refractivity contribution in [2.45, 2.75) is 0 Å². The summed E-state index contributed by atoms with van der Waals surface area (Å²) in [7, 11) is 0. The average Bonchev–Trinajstić information content (AvgIpc) is 1.54. The van der Waals surface area contributed by atoms with Crippen LogP contribution in [0.5, 0.6) is 0 Å². The second-order valence-corrected chi connectivity index (χ2v) is 27.3. The number of furan rings is 1. The highest BCUT2D eigenvalue weighted by Gasteiger charge is 2.27. The fraction of sp³-hybridized carbons (Fsp3) is 0. The molecule has 14 aromatic carbocycles. The van der Waals surface area contributed by atoms with E-state index in [9.17, 15) is 0 Å². The third-order valence-electron chi connectivity index (χ3n) is 20.7. The summed E-state index contributed by atoms with van der Waals surface area (Å²) >= 11 is 1.88. The van der Waals surface area contributed by atoms with E-state index in [4.69, 9.17) is 14.4 Å². The van der Waals surface area contributed by atoms with Crippen molar-refractivity contribution in [3.8, 4) is 67.8 Å². The number of thiophene rings is 1. The standard InChI is InChI=1S/C47H29N3O.C47H29N3S/c2*1-3-14-30(15-4-1)32-26-27-37(31-16-5-2-6-17-31)48-47(32)50-39-23-11-8-20-36(39)45-41(50)29-28-40-44(45)35-19-7-10-22-38(35)49(40)42-24-13-21-34-33-18-9-12-25-43(33)51-46(34)42/h2*1-29H. The maximum Gasteiger partial charge on any atom is 0.159 e. The van der Waals surface area contributed by atoms with E-state index in [1.54, 1.807) is 0 Å². The van der Waals surface area contributed by atoms with Crippen molar-refractivity contribution in [1.29, 1.82) is 0 Å². The van der Waals surface area contributed by atoms with Crippen LogP contribution in [0, 0.1) is 0 Å². The first-order chi connectivity index (χ1) is 50.7. The van der Waals surface area contributed by atoms with Crippen LogP contribution in [0.1, 0.15) is 0 Å². The van der Waals surface area contributed by atoms with Crippen molar-refractivity contribution in [1.82, 2.24) is 28.2 Å². The molecule has 8 heterocycles. The van der Waals surface area contributed by atoms with Crippen molar-refractivity contribution in [3.05, 3.63) is 352 Å². The molecular weight excluding hydrogens is 1260 g/mol. The minimum Gasteiger partial charge on any atom is -0.454 e. The molecule has 0 amide bonds. The maximum absolute atomic E-state index is 6.59. The maximum atomic E-state index is 6.59. The molecule has 0 saturated heterocycles. The second kappa shape index (κ2) is 23.1. The van der Waals surface area contributed by atoms with E-state index in [1.165, 1.54) is 80.0 Å². The Bertz CT molecular complexity index is 6690. The summed E-state index contributed by atoms with van der Waals surface area (Å²) in [5.74, 6) is 1.83. The van der Waals surface area contributed by atoms with E-state index < -0.39 is 0 Å². The Labute approximate surface area is 589 Å². The third-order valence-corrected chi connectivity index (χ3v) is 21.9. The van der Waals surface area contributed by atoms with Crippen molar-refractivity contribution in [2.75, 3.05) is 0 Å². The minimum absolute atomic E-state index is 0.887. The van der Waals surface area contributed by atoms with Crippen molar-refractivity contribution < 1.29 is 4.42 Å². The van der Waals surface area contributed by atoms with Crippen LogP contribution >= 0.6 is 11.3 Å². The van der Waals surface area contributed by atoms with Gasteiger partial charge in [0.25, 0.3) is 0 Å². The minimum atomic E-state index is 0.887. The van der Waals surface area contributed by atoms with Gasteiger partial charge >= 0.3 is 0 Å². The SMILES string of the molecule is c1ccc(-c2ccc(-c3ccccc3)c(-n3c4ccccc4c4c5c6ccccc6n(-c6cccc7c6oc6ccccc67)c5ccc43)n2)cc1.c1ccc(-c2ccc(-c3ccccc3)c(-n3c4ccccc4c4c5c6ccccc6n(-c6cccc7c6sc6ccccc67)c5ccc43)n2)cc1. The van der Waals surface area contributed by atoms with Gasteiger partial charge in [-0.2, -0.15) is 0 Å². The molecule has 22 rings (SSSR count). The van der Waals surface area contributed by atoms with Crippen LogP contribution in [0.15, 0.2) is 356 Å². The molecule has 102 heavy (non-hydrogen) atoms. The molecule has 0 aliphatic heterocycles. The molecule has 0 aliphatic carbocycles. The number of nitrogens with zero attached hydrogens (tertiary/aromatic N) is 6. The Morgan fingerprint density at radius 2 is 0.588 bits per heavy atom. The largest absolute Gasteiger partial charge is 0.454 e. The Hall–Kier alpha value is -13.4. The summed E-state index contributed by atoms with van der Waals surface area (Å²) in [5, 5.41) is 14.6. The predicted octanol–water partition coefficient (Wildman–Crippen LogP) is 25.5. The van der Waals surface area contributed by atoms with Crippen molar-refractivity contribution in [2.24, 2.45) is 0 Å². The summed E-state index contributed by atoms with van der Waals surface area (Å²) in [5.41, 5.74) is 21.7. The van der Waals surface area contributed by atoms with Gasteiger partial charge in [-0.25, -0.2) is 9.97 Å². The van der Waals surface area contributed by atoms with Gasteiger partial charge in [-0.1, -0.05) is 255 Å². The number of benzene rings is 14. The highest BCUT2D eigenvalue weighted by atomic mass is 32.1. The van der Waals surface area contributed by atoms with Crippen LogP contribution < -0.4 is 0 Å². The molecule has 0 fully saturated rings. The number of rotatable bonds is 8. The van der Waals surface area contributed by atoms with Crippen molar-refractivity contribution in [3.63, 3.8) is 0 Å². The number of pyridine rings is 2. The molecule has 0 atom stereocenters. The zero-order chi connectivity index (χ0) is 66.9. The number of para-hydroxylation sites is 6. The lowest BCUT2D eigenvalue weighted by Gasteiger charge is -2.15. The normalized spacial score (nSPS) is 11.9. The van der Waals surface area contributed by atoms with Gasteiger partial charge in [-0.3, -0.25) is 9.13 Å². The van der Waals surface area contributed by atoms with Gasteiger partial charge in [0, 0.05) is 91.6 Å². The fourth-order valence-corrected chi connectivity index (χ4v) is 17.5. The van der Waals surface area contributed by atoms with Gasteiger partial charge in [-0.15, -0.1) is 11.3 Å². The summed E-state index contributed by atoms with van der Waals surface area (Å²) in [6, 6.07) is 126. The molecule has 476 valence electrons. The van der Waals surface area contributed by atoms with Gasteiger partial charge in [0.05, 0.1) is 71.6 Å². The zero-order valence-corrected chi connectivity index (χ0v) is 55.8. The van der Waals surface area contributed by atoms with E-state index in [1.807, 2.05) is 29.5 Å². The number of fused-ring (bicyclic) bond motifs is 20. The molecule has 0 spiro atoms. The summed E-state index contributed by atoms with van der Waals surface area (Å²) in [6.45, 7) is 0. The van der Waals surface area contributed by atoms with Crippen LogP contribution in [0.25, 0.3) is 197 Å². The van der Waals surface area contributed by atoms with Gasteiger partial charge in [0.15, 0.2) is 5.58 Å². The van der Waals surface area contributed by atoms with E-state index >= 15 is 0 Å². The van der Waals surface area contributed by atoms with E-state index in [2.05, 4.69) is 352 Å². The number of aromatic nitrogens is 6. The monoisotopic (exact) mass is 1320 g/mol. The topological polar surface area (TPSA) is 58.6 Å². The molecular formula is C94H58N6OS. The molecule has 0 aliphatic rings. The molecule has 0 bridgehead atoms. The molecule has 0 N–H and O–H groups in total. The molecule has 0 radical (unpaired) electrons. The van der Waals surface area contributed by atoms with Crippen LogP contribution in [0.2, 0.25) is 0 Å². The van der Waals surface area contributed by atoms with Crippen LogP contribution in [0.4, 0.5) is 0 Å². The first-order valence-corrected chi connectivity index (χ1v) is 35.4. The van der Waals surface area contributed by atoms with Gasteiger partial charge < -0.3 is 13.6 Å². The molecule has 7 nitrogen and oxygen atoms in total.